The van der Waals surface area contributed by atoms with Crippen LogP contribution in [-0.2, 0) is 16.8 Å². The van der Waals surface area contributed by atoms with Crippen molar-refractivity contribution in [3.8, 4) is 0 Å². The molecule has 0 aromatic carbocycles. The number of nitrogens with zero attached hydrogens (tertiary/aromatic N) is 2. The summed E-state index contributed by atoms with van der Waals surface area (Å²) in [5.41, 5.74) is 7.03. The molecule has 8 heteroatoms. The second-order valence-corrected chi connectivity index (χ2v) is 5.67. The summed E-state index contributed by atoms with van der Waals surface area (Å²) in [5, 5.41) is 6.58. The number of H-pyrrole nitrogens is 1. The Balaban J connectivity index is 2.52. The minimum absolute atomic E-state index is 0.234. The lowest BCUT2D eigenvalue weighted by molar-refractivity contribution is 0.452. The summed E-state index contributed by atoms with van der Waals surface area (Å²) in [6.45, 7) is 2.96. The van der Waals surface area contributed by atoms with Crippen LogP contribution in [0, 0.1) is 6.92 Å². The molecule has 0 saturated carbocycles. The smallest absolute Gasteiger partial charge is 0.279 e. The molecular formula is C9H19N5O2S. The number of aryl methyl sites for hydroxylation is 1. The van der Waals surface area contributed by atoms with Gasteiger partial charge in [-0.05, 0) is 19.9 Å². The van der Waals surface area contributed by atoms with Gasteiger partial charge >= 0.3 is 0 Å². The van der Waals surface area contributed by atoms with Crippen molar-refractivity contribution >= 4 is 10.2 Å². The van der Waals surface area contributed by atoms with Gasteiger partial charge in [0.05, 0.1) is 6.20 Å². The van der Waals surface area contributed by atoms with E-state index in [1.807, 2.05) is 6.92 Å². The van der Waals surface area contributed by atoms with Crippen LogP contribution in [0.5, 0.6) is 0 Å². The zero-order valence-corrected chi connectivity index (χ0v) is 10.9. The first-order valence-electron chi connectivity index (χ1n) is 5.37. The van der Waals surface area contributed by atoms with Gasteiger partial charge in [-0.25, -0.2) is 0 Å². The number of hydrogen-bond acceptors (Lipinski definition) is 4. The first-order valence-corrected chi connectivity index (χ1v) is 6.81. The van der Waals surface area contributed by atoms with E-state index in [0.29, 0.717) is 19.5 Å². The Hall–Kier alpha value is -0.960. The molecule has 98 valence electrons. The van der Waals surface area contributed by atoms with E-state index in [9.17, 15) is 8.42 Å². The average molecular weight is 261 g/mol. The van der Waals surface area contributed by atoms with Crippen molar-refractivity contribution in [1.82, 2.24) is 19.2 Å². The first-order chi connectivity index (χ1) is 7.97. The third kappa shape index (κ3) is 4.08. The topological polar surface area (TPSA) is 104 Å². The first kappa shape index (κ1) is 14.1. The van der Waals surface area contributed by atoms with E-state index in [-0.39, 0.29) is 6.54 Å². The van der Waals surface area contributed by atoms with E-state index in [1.54, 1.807) is 6.20 Å². The average Bonchev–Trinajstić information content (AvgIpc) is 2.69. The Morgan fingerprint density at radius 3 is 2.82 bits per heavy atom. The molecule has 0 spiro atoms. The molecule has 0 bridgehead atoms. The molecule has 0 fully saturated rings. The quantitative estimate of drug-likeness (QED) is 0.605. The van der Waals surface area contributed by atoms with Gasteiger partial charge in [0.15, 0.2) is 0 Å². The Bertz CT molecular complexity index is 442. The maximum atomic E-state index is 11.8. The van der Waals surface area contributed by atoms with E-state index in [1.165, 1.54) is 11.4 Å². The molecule has 7 nitrogen and oxygen atoms in total. The Kier molecular flexibility index (Phi) is 5.06. The second kappa shape index (κ2) is 6.10. The van der Waals surface area contributed by atoms with Crippen molar-refractivity contribution in [3.05, 3.63) is 17.5 Å². The predicted octanol–water partition coefficient (Wildman–Crippen LogP) is -0.667. The van der Waals surface area contributed by atoms with Gasteiger partial charge < -0.3 is 5.73 Å². The van der Waals surface area contributed by atoms with Crippen LogP contribution in [0.15, 0.2) is 6.20 Å². The SMILES string of the molecule is Cc1[nH]ncc1CNS(=O)(=O)N(C)CCCN. The fourth-order valence-corrected chi connectivity index (χ4v) is 2.19. The number of nitrogens with one attached hydrogen (secondary N) is 2. The molecule has 17 heavy (non-hydrogen) atoms. The Labute approximate surface area is 102 Å². The second-order valence-electron chi connectivity index (χ2n) is 3.81. The van der Waals surface area contributed by atoms with E-state index >= 15 is 0 Å². The van der Waals surface area contributed by atoms with E-state index in [4.69, 9.17) is 5.73 Å². The zero-order chi connectivity index (χ0) is 12.9. The van der Waals surface area contributed by atoms with Gasteiger partial charge in [-0.3, -0.25) is 5.10 Å². The highest BCUT2D eigenvalue weighted by Crippen LogP contribution is 2.03. The summed E-state index contributed by atoms with van der Waals surface area (Å²) in [6.07, 6.45) is 2.25. The lowest BCUT2D eigenvalue weighted by Gasteiger charge is -2.17. The van der Waals surface area contributed by atoms with E-state index in [0.717, 1.165) is 11.3 Å². The summed E-state index contributed by atoms with van der Waals surface area (Å²) in [5.74, 6) is 0. The summed E-state index contributed by atoms with van der Waals surface area (Å²) >= 11 is 0. The molecule has 1 rings (SSSR count). The largest absolute Gasteiger partial charge is 0.330 e. The summed E-state index contributed by atoms with van der Waals surface area (Å²) in [7, 11) is -1.91. The number of rotatable bonds is 7. The predicted molar refractivity (Wildman–Crippen MR) is 65.4 cm³/mol. The molecule has 0 aliphatic rings. The lowest BCUT2D eigenvalue weighted by Crippen LogP contribution is -2.38. The molecule has 0 saturated heterocycles. The molecule has 1 aromatic rings. The maximum absolute atomic E-state index is 11.8. The van der Waals surface area contributed by atoms with Crippen molar-refractivity contribution < 1.29 is 8.42 Å². The monoisotopic (exact) mass is 261 g/mol. The fraction of sp³-hybridized carbons (Fsp3) is 0.667. The molecule has 1 heterocycles. The number of aromatic nitrogens is 2. The molecule has 0 atom stereocenters. The van der Waals surface area contributed by atoms with Crippen LogP contribution in [0.3, 0.4) is 0 Å². The molecule has 0 radical (unpaired) electrons. The third-order valence-corrected chi connectivity index (χ3v) is 3.98. The molecule has 0 aliphatic heterocycles. The summed E-state index contributed by atoms with van der Waals surface area (Å²) in [6, 6.07) is 0. The van der Waals surface area contributed by atoms with Crippen LogP contribution in [0.25, 0.3) is 0 Å². The van der Waals surface area contributed by atoms with Crippen LogP contribution in [0.4, 0.5) is 0 Å². The van der Waals surface area contributed by atoms with Crippen molar-refractivity contribution in [2.24, 2.45) is 5.73 Å². The Morgan fingerprint density at radius 2 is 2.29 bits per heavy atom. The molecule has 4 N–H and O–H groups in total. The molecule has 0 amide bonds. The maximum Gasteiger partial charge on any atom is 0.279 e. The summed E-state index contributed by atoms with van der Waals surface area (Å²) in [4.78, 5) is 0. The van der Waals surface area contributed by atoms with Crippen LogP contribution in [0.2, 0.25) is 0 Å². The van der Waals surface area contributed by atoms with E-state index < -0.39 is 10.2 Å². The van der Waals surface area contributed by atoms with Crippen molar-refractivity contribution in [2.75, 3.05) is 20.1 Å². The third-order valence-electron chi connectivity index (χ3n) is 2.47. The number of hydrogen-bond donors (Lipinski definition) is 3. The highest BCUT2D eigenvalue weighted by molar-refractivity contribution is 7.87. The van der Waals surface area contributed by atoms with Gasteiger partial charge in [0, 0.05) is 31.4 Å². The molecule has 0 unspecified atom stereocenters. The van der Waals surface area contributed by atoms with Gasteiger partial charge in [-0.2, -0.15) is 22.5 Å². The van der Waals surface area contributed by atoms with Crippen LogP contribution in [0.1, 0.15) is 17.7 Å². The van der Waals surface area contributed by atoms with Crippen LogP contribution < -0.4 is 10.5 Å². The summed E-state index contributed by atoms with van der Waals surface area (Å²) < 4.78 is 27.3. The van der Waals surface area contributed by atoms with Gasteiger partial charge in [0.25, 0.3) is 10.2 Å². The van der Waals surface area contributed by atoms with Crippen molar-refractivity contribution in [1.29, 1.82) is 0 Å². The van der Waals surface area contributed by atoms with Crippen molar-refractivity contribution in [2.45, 2.75) is 19.9 Å². The molecule has 1 aromatic heterocycles. The highest BCUT2D eigenvalue weighted by atomic mass is 32.2. The number of aromatic amines is 1. The fourth-order valence-electron chi connectivity index (χ4n) is 1.27. The van der Waals surface area contributed by atoms with Crippen molar-refractivity contribution in [3.63, 3.8) is 0 Å². The normalized spacial score (nSPS) is 12.2. The zero-order valence-electron chi connectivity index (χ0n) is 10.1. The van der Waals surface area contributed by atoms with E-state index in [2.05, 4.69) is 14.9 Å². The van der Waals surface area contributed by atoms with Crippen LogP contribution >= 0.6 is 0 Å². The molecular weight excluding hydrogens is 242 g/mol. The highest BCUT2D eigenvalue weighted by Gasteiger charge is 2.16. The van der Waals surface area contributed by atoms with Gasteiger partial charge in [-0.15, -0.1) is 0 Å². The standard InChI is InChI=1S/C9H19N5O2S/c1-8-9(6-11-13-8)7-12-17(15,16)14(2)5-3-4-10/h6,12H,3-5,7,10H2,1-2H3,(H,11,13). The Morgan fingerprint density at radius 1 is 1.59 bits per heavy atom. The molecule has 0 aliphatic carbocycles. The minimum Gasteiger partial charge on any atom is -0.330 e. The van der Waals surface area contributed by atoms with Gasteiger partial charge in [-0.1, -0.05) is 0 Å². The van der Waals surface area contributed by atoms with Crippen LogP contribution in [-0.4, -0.2) is 43.1 Å². The lowest BCUT2D eigenvalue weighted by atomic mass is 10.3. The van der Waals surface area contributed by atoms with Gasteiger partial charge in [0.1, 0.15) is 0 Å². The number of nitrogens with two attached hydrogens (primary N) is 1. The van der Waals surface area contributed by atoms with Gasteiger partial charge in [0.2, 0.25) is 0 Å². The minimum atomic E-state index is -3.44.